The second-order valence-corrected chi connectivity index (χ2v) is 5.00. The van der Waals surface area contributed by atoms with E-state index < -0.39 is 6.04 Å². The number of ether oxygens (including phenoxy) is 1. The Bertz CT molecular complexity index is 623. The molecule has 3 N–H and O–H groups in total. The third-order valence-corrected chi connectivity index (χ3v) is 3.43. The van der Waals surface area contributed by atoms with Gasteiger partial charge < -0.3 is 20.4 Å². The molecule has 0 aliphatic heterocycles. The van der Waals surface area contributed by atoms with Crippen molar-refractivity contribution in [3.05, 3.63) is 30.1 Å². The maximum atomic E-state index is 12.0. The predicted molar refractivity (Wildman–Crippen MR) is 81.8 cm³/mol. The second kappa shape index (κ2) is 6.69. The number of fused-ring (bicyclic) bond motifs is 1. The summed E-state index contributed by atoms with van der Waals surface area (Å²) in [5, 5.41) is 2.89. The molecule has 0 bridgehead atoms. The van der Waals surface area contributed by atoms with E-state index in [2.05, 4.69) is 21.8 Å². The molecular formula is C15H22N4O2. The molecule has 21 heavy (non-hydrogen) atoms. The minimum absolute atomic E-state index is 0.197. The number of amides is 1. The third kappa shape index (κ3) is 3.22. The highest BCUT2D eigenvalue weighted by atomic mass is 16.5. The van der Waals surface area contributed by atoms with Crippen molar-refractivity contribution in [1.29, 1.82) is 0 Å². The van der Waals surface area contributed by atoms with Gasteiger partial charge >= 0.3 is 0 Å². The molecule has 6 nitrogen and oxygen atoms in total. The van der Waals surface area contributed by atoms with Crippen molar-refractivity contribution in [3.63, 3.8) is 0 Å². The van der Waals surface area contributed by atoms with Crippen LogP contribution in [-0.4, -0.2) is 35.2 Å². The van der Waals surface area contributed by atoms with E-state index in [0.29, 0.717) is 0 Å². The Morgan fingerprint density at radius 1 is 1.48 bits per heavy atom. The number of aromatic nitrogens is 2. The number of carbonyl (C=O) groups is 1. The highest BCUT2D eigenvalue weighted by Crippen LogP contribution is 2.20. The number of nitrogens with zero attached hydrogens (tertiary/aromatic N) is 2. The van der Waals surface area contributed by atoms with Crippen molar-refractivity contribution in [1.82, 2.24) is 14.9 Å². The molecule has 2 rings (SSSR count). The highest BCUT2D eigenvalue weighted by molar-refractivity contribution is 5.82. The number of carbonyl (C=O) groups excluding carboxylic acids is 1. The summed E-state index contributed by atoms with van der Waals surface area (Å²) in [7, 11) is 1.52. The van der Waals surface area contributed by atoms with Crippen LogP contribution < -0.4 is 11.1 Å². The number of para-hydroxylation sites is 2. The fourth-order valence-electron chi connectivity index (χ4n) is 2.40. The van der Waals surface area contributed by atoms with Crippen molar-refractivity contribution in [3.8, 4) is 0 Å². The lowest BCUT2D eigenvalue weighted by Crippen LogP contribution is -2.44. The molecule has 0 saturated carbocycles. The molecule has 1 heterocycles. The van der Waals surface area contributed by atoms with E-state index in [0.717, 1.165) is 23.4 Å². The number of rotatable bonds is 6. The van der Waals surface area contributed by atoms with Crippen molar-refractivity contribution < 1.29 is 9.53 Å². The molecule has 2 unspecified atom stereocenters. The summed E-state index contributed by atoms with van der Waals surface area (Å²) in [4.78, 5) is 16.6. The Morgan fingerprint density at radius 2 is 2.19 bits per heavy atom. The van der Waals surface area contributed by atoms with Gasteiger partial charge in [-0.05, 0) is 26.0 Å². The first-order valence-corrected chi connectivity index (χ1v) is 7.08. The van der Waals surface area contributed by atoms with E-state index >= 15 is 0 Å². The predicted octanol–water partition coefficient (Wildman–Crippen LogP) is 1.21. The molecule has 0 aliphatic carbocycles. The first-order valence-electron chi connectivity index (χ1n) is 7.08. The molecule has 2 atom stereocenters. The summed E-state index contributed by atoms with van der Waals surface area (Å²) >= 11 is 0. The Balaban J connectivity index is 2.23. The highest BCUT2D eigenvalue weighted by Gasteiger charge is 2.20. The van der Waals surface area contributed by atoms with Crippen molar-refractivity contribution in [2.24, 2.45) is 5.73 Å². The molecular weight excluding hydrogens is 268 g/mol. The smallest absolute Gasteiger partial charge is 0.239 e. The van der Waals surface area contributed by atoms with Crippen LogP contribution in [0.25, 0.3) is 11.0 Å². The standard InChI is InChI=1S/C15H22N4O2/c1-4-19-13-8-6-5-7-12(13)18-14(19)10(2)17-15(20)11(16)9-21-3/h5-8,10-11H,4,9,16H2,1-3H3,(H,17,20). The molecule has 1 aromatic heterocycles. The van der Waals surface area contributed by atoms with Gasteiger partial charge in [-0.25, -0.2) is 4.98 Å². The van der Waals surface area contributed by atoms with Crippen LogP contribution in [0.2, 0.25) is 0 Å². The topological polar surface area (TPSA) is 82.2 Å². The van der Waals surface area contributed by atoms with Gasteiger partial charge in [-0.2, -0.15) is 0 Å². The first kappa shape index (κ1) is 15.5. The number of hydrogen-bond acceptors (Lipinski definition) is 4. The summed E-state index contributed by atoms with van der Waals surface area (Å²) in [5.41, 5.74) is 7.73. The SMILES string of the molecule is CCn1c(C(C)NC(=O)C(N)COC)nc2ccccc21. The average molecular weight is 290 g/mol. The number of nitrogens with one attached hydrogen (secondary N) is 1. The summed E-state index contributed by atoms with van der Waals surface area (Å²) in [6.07, 6.45) is 0. The summed E-state index contributed by atoms with van der Waals surface area (Å²) in [6, 6.07) is 7.05. The molecule has 0 aliphatic rings. The largest absolute Gasteiger partial charge is 0.383 e. The summed E-state index contributed by atoms with van der Waals surface area (Å²) < 4.78 is 7.00. The maximum absolute atomic E-state index is 12.0. The fraction of sp³-hybridized carbons (Fsp3) is 0.467. The zero-order valence-electron chi connectivity index (χ0n) is 12.7. The quantitative estimate of drug-likeness (QED) is 0.837. The molecule has 0 fully saturated rings. The van der Waals surface area contributed by atoms with E-state index in [1.807, 2.05) is 31.2 Å². The molecule has 1 aromatic carbocycles. The van der Waals surface area contributed by atoms with Gasteiger partial charge in [0, 0.05) is 13.7 Å². The minimum Gasteiger partial charge on any atom is -0.383 e. The number of aryl methyl sites for hydroxylation is 1. The fourth-order valence-corrected chi connectivity index (χ4v) is 2.40. The zero-order valence-corrected chi connectivity index (χ0v) is 12.7. The first-order chi connectivity index (χ1) is 10.1. The summed E-state index contributed by atoms with van der Waals surface area (Å²) in [5.74, 6) is 0.593. The number of methoxy groups -OCH3 is 1. The van der Waals surface area contributed by atoms with Crippen LogP contribution in [0.15, 0.2) is 24.3 Å². The van der Waals surface area contributed by atoms with Crippen LogP contribution in [0.3, 0.4) is 0 Å². The monoisotopic (exact) mass is 290 g/mol. The minimum atomic E-state index is -0.670. The lowest BCUT2D eigenvalue weighted by Gasteiger charge is -2.18. The Labute approximate surface area is 124 Å². The van der Waals surface area contributed by atoms with E-state index in [1.54, 1.807) is 0 Å². The van der Waals surface area contributed by atoms with Gasteiger partial charge in [0.2, 0.25) is 5.91 Å². The number of nitrogens with two attached hydrogens (primary N) is 1. The molecule has 0 radical (unpaired) electrons. The third-order valence-electron chi connectivity index (χ3n) is 3.43. The maximum Gasteiger partial charge on any atom is 0.239 e. The van der Waals surface area contributed by atoms with Crippen molar-refractivity contribution >= 4 is 16.9 Å². The Hall–Kier alpha value is -1.92. The molecule has 6 heteroatoms. The summed E-state index contributed by atoms with van der Waals surface area (Å²) in [6.45, 7) is 4.95. The average Bonchev–Trinajstić information content (AvgIpc) is 2.86. The second-order valence-electron chi connectivity index (χ2n) is 5.00. The van der Waals surface area contributed by atoms with Gasteiger partial charge in [0.15, 0.2) is 0 Å². The van der Waals surface area contributed by atoms with Crippen LogP contribution in [0.1, 0.15) is 25.7 Å². The number of hydrogen-bond donors (Lipinski definition) is 2. The van der Waals surface area contributed by atoms with E-state index in [1.165, 1.54) is 7.11 Å². The zero-order chi connectivity index (χ0) is 15.4. The van der Waals surface area contributed by atoms with Gasteiger partial charge in [0.1, 0.15) is 11.9 Å². The van der Waals surface area contributed by atoms with Gasteiger partial charge in [0.05, 0.1) is 23.7 Å². The van der Waals surface area contributed by atoms with Crippen LogP contribution in [-0.2, 0) is 16.1 Å². The molecule has 0 spiro atoms. The normalized spacial score (nSPS) is 14.1. The Morgan fingerprint density at radius 3 is 2.86 bits per heavy atom. The Kier molecular flexibility index (Phi) is 4.93. The molecule has 2 aromatic rings. The number of benzene rings is 1. The van der Waals surface area contributed by atoms with Gasteiger partial charge in [-0.15, -0.1) is 0 Å². The van der Waals surface area contributed by atoms with E-state index in [4.69, 9.17) is 10.5 Å². The van der Waals surface area contributed by atoms with Crippen LogP contribution in [0.4, 0.5) is 0 Å². The lowest BCUT2D eigenvalue weighted by atomic mass is 10.2. The van der Waals surface area contributed by atoms with Gasteiger partial charge in [-0.1, -0.05) is 12.1 Å². The van der Waals surface area contributed by atoms with Crippen LogP contribution >= 0.6 is 0 Å². The van der Waals surface area contributed by atoms with E-state index in [9.17, 15) is 4.79 Å². The van der Waals surface area contributed by atoms with Gasteiger partial charge in [-0.3, -0.25) is 4.79 Å². The van der Waals surface area contributed by atoms with Crippen molar-refractivity contribution in [2.45, 2.75) is 32.5 Å². The van der Waals surface area contributed by atoms with Crippen LogP contribution in [0, 0.1) is 0 Å². The molecule has 114 valence electrons. The lowest BCUT2D eigenvalue weighted by molar-refractivity contribution is -0.124. The number of imidazole rings is 1. The molecule has 1 amide bonds. The van der Waals surface area contributed by atoms with Crippen LogP contribution in [0.5, 0.6) is 0 Å². The molecule has 0 saturated heterocycles. The van der Waals surface area contributed by atoms with Gasteiger partial charge in [0.25, 0.3) is 0 Å². The van der Waals surface area contributed by atoms with Crippen molar-refractivity contribution in [2.75, 3.05) is 13.7 Å². The van der Waals surface area contributed by atoms with E-state index in [-0.39, 0.29) is 18.6 Å².